The van der Waals surface area contributed by atoms with Crippen LogP contribution in [0.4, 0.5) is 4.79 Å². The maximum Gasteiger partial charge on any atom is 0.315 e. The van der Waals surface area contributed by atoms with Crippen LogP contribution in [0.2, 0.25) is 0 Å². The van der Waals surface area contributed by atoms with Crippen molar-refractivity contribution in [3.05, 3.63) is 35.4 Å². The number of carbonyl (C=O) groups excluding carboxylic acids is 1. The summed E-state index contributed by atoms with van der Waals surface area (Å²) in [6, 6.07) is 8.74. The molecule has 4 nitrogen and oxygen atoms in total. The Hall–Kier alpha value is -1.55. The predicted molar refractivity (Wildman–Crippen MR) is 82.0 cm³/mol. The molecule has 0 saturated carbocycles. The topological polar surface area (TPSA) is 44.4 Å². The van der Waals surface area contributed by atoms with E-state index in [9.17, 15) is 4.79 Å². The van der Waals surface area contributed by atoms with E-state index in [1.165, 1.54) is 11.1 Å². The fraction of sp³-hybridized carbons (Fsp3) is 0.562. The number of benzene rings is 1. The van der Waals surface area contributed by atoms with Crippen molar-refractivity contribution in [3.8, 4) is 0 Å². The number of hydrogen-bond acceptors (Lipinski definition) is 2. The second kappa shape index (κ2) is 7.29. The molecule has 110 valence electrons. The number of fused-ring (bicyclic) bond motifs is 1. The van der Waals surface area contributed by atoms with Crippen LogP contribution in [-0.2, 0) is 12.8 Å². The molecule has 1 aromatic carbocycles. The molecule has 4 heteroatoms. The summed E-state index contributed by atoms with van der Waals surface area (Å²) in [4.78, 5) is 14.0. The first-order valence-electron chi connectivity index (χ1n) is 7.41. The van der Waals surface area contributed by atoms with Crippen molar-refractivity contribution in [1.82, 2.24) is 15.5 Å². The molecule has 0 saturated heterocycles. The summed E-state index contributed by atoms with van der Waals surface area (Å²) in [5.41, 5.74) is 2.80. The smallest absolute Gasteiger partial charge is 0.315 e. The van der Waals surface area contributed by atoms with E-state index in [4.69, 9.17) is 0 Å². The third-order valence-corrected chi connectivity index (χ3v) is 3.75. The summed E-state index contributed by atoms with van der Waals surface area (Å²) in [5.74, 6) is 0. The summed E-state index contributed by atoms with van der Waals surface area (Å²) in [6.45, 7) is 1.73. The zero-order chi connectivity index (χ0) is 14.4. The zero-order valence-corrected chi connectivity index (χ0v) is 12.5. The van der Waals surface area contributed by atoms with Gasteiger partial charge in [0.1, 0.15) is 0 Å². The molecule has 2 rings (SSSR count). The molecule has 2 amide bonds. The Morgan fingerprint density at radius 1 is 1.30 bits per heavy atom. The number of aryl methyl sites for hydroxylation is 1. The van der Waals surface area contributed by atoms with Crippen LogP contribution in [0.1, 0.15) is 24.0 Å². The van der Waals surface area contributed by atoms with E-state index >= 15 is 0 Å². The maximum atomic E-state index is 11.8. The van der Waals surface area contributed by atoms with Crippen LogP contribution in [0.25, 0.3) is 0 Å². The van der Waals surface area contributed by atoms with Crippen molar-refractivity contribution in [2.24, 2.45) is 0 Å². The Morgan fingerprint density at radius 3 is 2.80 bits per heavy atom. The van der Waals surface area contributed by atoms with E-state index in [0.29, 0.717) is 0 Å². The lowest BCUT2D eigenvalue weighted by atomic mass is 9.88. The minimum atomic E-state index is -0.0341. The third-order valence-electron chi connectivity index (χ3n) is 3.75. The van der Waals surface area contributed by atoms with Gasteiger partial charge in [0, 0.05) is 12.6 Å². The van der Waals surface area contributed by atoms with Crippen molar-refractivity contribution < 1.29 is 4.79 Å². The van der Waals surface area contributed by atoms with Crippen molar-refractivity contribution in [2.75, 3.05) is 27.2 Å². The van der Waals surface area contributed by atoms with E-state index in [0.717, 1.165) is 38.8 Å². The number of nitrogens with zero attached hydrogens (tertiary/aromatic N) is 1. The normalized spacial score (nSPS) is 17.6. The molecule has 0 heterocycles. The molecule has 0 aliphatic heterocycles. The highest BCUT2D eigenvalue weighted by Gasteiger charge is 2.19. The van der Waals surface area contributed by atoms with E-state index in [1.54, 1.807) is 0 Å². The lowest BCUT2D eigenvalue weighted by Crippen LogP contribution is -2.45. The van der Waals surface area contributed by atoms with Gasteiger partial charge in [-0.3, -0.25) is 0 Å². The van der Waals surface area contributed by atoms with Crippen LogP contribution in [-0.4, -0.2) is 44.2 Å². The number of rotatable bonds is 5. The van der Waals surface area contributed by atoms with Crippen LogP contribution in [0.3, 0.4) is 0 Å². The van der Waals surface area contributed by atoms with Crippen LogP contribution in [0, 0.1) is 0 Å². The van der Waals surface area contributed by atoms with Crippen molar-refractivity contribution in [3.63, 3.8) is 0 Å². The molecule has 0 fully saturated rings. The second-order valence-electron chi connectivity index (χ2n) is 5.77. The predicted octanol–water partition coefficient (Wildman–Crippen LogP) is 1.79. The largest absolute Gasteiger partial charge is 0.338 e. The monoisotopic (exact) mass is 275 g/mol. The highest BCUT2D eigenvalue weighted by Crippen LogP contribution is 2.20. The average molecular weight is 275 g/mol. The standard InChI is InChI=1S/C16H25N3O/c1-19(2)11-5-10-17-16(20)18-15-9-8-13-6-3-4-7-14(13)12-15/h3-4,6-7,15H,5,8-12H2,1-2H3,(H2,17,18,20)/t15-/m1/s1. The fourth-order valence-electron chi connectivity index (χ4n) is 2.65. The Balaban J connectivity index is 1.71. The quantitative estimate of drug-likeness (QED) is 0.805. The van der Waals surface area contributed by atoms with Gasteiger partial charge in [0.15, 0.2) is 0 Å². The lowest BCUT2D eigenvalue weighted by molar-refractivity contribution is 0.235. The molecule has 0 unspecified atom stereocenters. The van der Waals surface area contributed by atoms with Crippen LogP contribution in [0.15, 0.2) is 24.3 Å². The minimum Gasteiger partial charge on any atom is -0.338 e. The number of nitrogens with one attached hydrogen (secondary N) is 2. The summed E-state index contributed by atoms with van der Waals surface area (Å²) in [6.07, 6.45) is 4.01. The SMILES string of the molecule is CN(C)CCCNC(=O)N[C@@H]1CCc2ccccc2C1. The van der Waals surface area contributed by atoms with Gasteiger partial charge >= 0.3 is 6.03 Å². The average Bonchev–Trinajstić information content (AvgIpc) is 2.43. The Kier molecular flexibility index (Phi) is 5.41. The zero-order valence-electron chi connectivity index (χ0n) is 12.5. The van der Waals surface area contributed by atoms with Gasteiger partial charge < -0.3 is 15.5 Å². The highest BCUT2D eigenvalue weighted by atomic mass is 16.2. The van der Waals surface area contributed by atoms with Gasteiger partial charge in [-0.1, -0.05) is 24.3 Å². The number of amides is 2. The van der Waals surface area contributed by atoms with Crippen molar-refractivity contribution in [1.29, 1.82) is 0 Å². The van der Waals surface area contributed by atoms with E-state index < -0.39 is 0 Å². The Labute approximate surface area is 121 Å². The summed E-state index contributed by atoms with van der Waals surface area (Å²) < 4.78 is 0. The second-order valence-corrected chi connectivity index (χ2v) is 5.77. The number of urea groups is 1. The molecule has 20 heavy (non-hydrogen) atoms. The van der Waals surface area contributed by atoms with Crippen LogP contribution >= 0.6 is 0 Å². The van der Waals surface area contributed by atoms with Crippen molar-refractivity contribution >= 4 is 6.03 Å². The van der Waals surface area contributed by atoms with Crippen LogP contribution in [0.5, 0.6) is 0 Å². The minimum absolute atomic E-state index is 0.0341. The van der Waals surface area contributed by atoms with Gasteiger partial charge in [-0.05, 0) is 57.5 Å². The first-order valence-corrected chi connectivity index (χ1v) is 7.41. The molecule has 2 N–H and O–H groups in total. The van der Waals surface area contributed by atoms with E-state index in [2.05, 4.69) is 39.8 Å². The third kappa shape index (κ3) is 4.53. The molecule has 0 bridgehead atoms. The van der Waals surface area contributed by atoms with E-state index in [1.807, 2.05) is 14.1 Å². The van der Waals surface area contributed by atoms with Gasteiger partial charge in [-0.15, -0.1) is 0 Å². The first kappa shape index (κ1) is 14.9. The summed E-state index contributed by atoms with van der Waals surface area (Å²) >= 11 is 0. The fourth-order valence-corrected chi connectivity index (χ4v) is 2.65. The van der Waals surface area contributed by atoms with E-state index in [-0.39, 0.29) is 12.1 Å². The maximum absolute atomic E-state index is 11.8. The van der Waals surface area contributed by atoms with Gasteiger partial charge in [0.05, 0.1) is 0 Å². The molecule has 1 aliphatic carbocycles. The lowest BCUT2D eigenvalue weighted by Gasteiger charge is -2.25. The number of carbonyl (C=O) groups is 1. The van der Waals surface area contributed by atoms with Crippen LogP contribution < -0.4 is 10.6 Å². The molecule has 1 atom stereocenters. The summed E-state index contributed by atoms with van der Waals surface area (Å²) in [5, 5.41) is 6.02. The van der Waals surface area contributed by atoms with Gasteiger partial charge in [-0.25, -0.2) is 4.79 Å². The first-order chi connectivity index (χ1) is 9.65. The molecule has 0 aromatic heterocycles. The molecule has 1 aliphatic rings. The number of hydrogen-bond donors (Lipinski definition) is 2. The van der Waals surface area contributed by atoms with Gasteiger partial charge in [-0.2, -0.15) is 0 Å². The van der Waals surface area contributed by atoms with Gasteiger partial charge in [0.25, 0.3) is 0 Å². The Bertz CT molecular complexity index is 445. The molecule has 0 radical (unpaired) electrons. The van der Waals surface area contributed by atoms with Gasteiger partial charge in [0.2, 0.25) is 0 Å². The summed E-state index contributed by atoms with van der Waals surface area (Å²) in [7, 11) is 4.08. The molecular formula is C16H25N3O. The molecule has 0 spiro atoms. The Morgan fingerprint density at radius 2 is 2.05 bits per heavy atom. The van der Waals surface area contributed by atoms with Crippen molar-refractivity contribution in [2.45, 2.75) is 31.7 Å². The molecular weight excluding hydrogens is 250 g/mol. The molecule has 1 aromatic rings. The highest BCUT2D eigenvalue weighted by molar-refractivity contribution is 5.74.